The molecule has 0 saturated heterocycles. The maximum atomic E-state index is 5.70. The van der Waals surface area contributed by atoms with Gasteiger partial charge >= 0.3 is 0 Å². The number of methoxy groups -OCH3 is 1. The third-order valence-corrected chi connectivity index (χ3v) is 3.86. The summed E-state index contributed by atoms with van der Waals surface area (Å²) >= 11 is 0. The smallest absolute Gasteiger partial charge is 0.0752 e. The van der Waals surface area contributed by atoms with Gasteiger partial charge in [-0.05, 0) is 44.2 Å². The first-order chi connectivity index (χ1) is 8.76. The lowest BCUT2D eigenvalue weighted by Gasteiger charge is -2.26. The minimum atomic E-state index is 0.373. The Morgan fingerprint density at radius 3 is 2.83 bits per heavy atom. The molecule has 4 nitrogen and oxygen atoms in total. The fourth-order valence-electron chi connectivity index (χ4n) is 2.70. The average Bonchev–Trinajstić information content (AvgIpc) is 3.11. The zero-order chi connectivity index (χ0) is 13.0. The summed E-state index contributed by atoms with van der Waals surface area (Å²) in [6.45, 7) is 3.17. The minimum absolute atomic E-state index is 0.373. The largest absolute Gasteiger partial charge is 0.380 e. The van der Waals surface area contributed by atoms with Gasteiger partial charge in [-0.3, -0.25) is 4.68 Å². The van der Waals surface area contributed by atoms with Gasteiger partial charge in [0.2, 0.25) is 0 Å². The van der Waals surface area contributed by atoms with Crippen molar-refractivity contribution in [3.63, 3.8) is 0 Å². The predicted molar refractivity (Wildman–Crippen MR) is 72.5 cm³/mol. The van der Waals surface area contributed by atoms with Crippen LogP contribution in [-0.4, -0.2) is 35.6 Å². The van der Waals surface area contributed by atoms with E-state index in [2.05, 4.69) is 23.4 Å². The van der Waals surface area contributed by atoms with E-state index in [1.165, 1.54) is 18.5 Å². The van der Waals surface area contributed by atoms with Crippen molar-refractivity contribution < 1.29 is 4.74 Å². The monoisotopic (exact) mass is 251 g/mol. The molecule has 2 atom stereocenters. The Hall–Kier alpha value is -0.870. The van der Waals surface area contributed by atoms with Crippen molar-refractivity contribution in [3.05, 3.63) is 18.0 Å². The molecular formula is C14H25N3O. The highest BCUT2D eigenvalue weighted by Gasteiger charge is 2.36. The lowest BCUT2D eigenvalue weighted by molar-refractivity contribution is 0.0488. The van der Waals surface area contributed by atoms with Crippen molar-refractivity contribution in [3.8, 4) is 0 Å². The van der Waals surface area contributed by atoms with E-state index in [1.807, 2.05) is 25.0 Å². The van der Waals surface area contributed by atoms with Gasteiger partial charge in [-0.25, -0.2) is 0 Å². The Bertz CT molecular complexity index is 360. The second-order valence-corrected chi connectivity index (χ2v) is 5.19. The zero-order valence-electron chi connectivity index (χ0n) is 11.7. The molecule has 0 radical (unpaired) electrons. The maximum absolute atomic E-state index is 5.70. The Kier molecular flexibility index (Phi) is 4.78. The third kappa shape index (κ3) is 3.33. The van der Waals surface area contributed by atoms with Crippen molar-refractivity contribution in [1.82, 2.24) is 15.1 Å². The predicted octanol–water partition coefficient (Wildman–Crippen LogP) is 1.76. The molecule has 2 rings (SSSR count). The summed E-state index contributed by atoms with van der Waals surface area (Å²) in [5.74, 6) is 0.769. The summed E-state index contributed by atoms with van der Waals surface area (Å²) in [5.41, 5.74) is 1.29. The molecule has 2 unspecified atom stereocenters. The quantitative estimate of drug-likeness (QED) is 0.765. The van der Waals surface area contributed by atoms with Crippen LogP contribution in [0.1, 0.15) is 31.9 Å². The molecule has 18 heavy (non-hydrogen) atoms. The van der Waals surface area contributed by atoms with Gasteiger partial charge in [0.1, 0.15) is 0 Å². The summed E-state index contributed by atoms with van der Waals surface area (Å²) in [7, 11) is 3.85. The molecule has 1 aliphatic rings. The minimum Gasteiger partial charge on any atom is -0.380 e. The number of likely N-dealkylation sites (N-methyl/N-ethyl adjacent to an activating group) is 1. The van der Waals surface area contributed by atoms with Gasteiger partial charge in [0.05, 0.1) is 6.10 Å². The van der Waals surface area contributed by atoms with Crippen molar-refractivity contribution in [2.24, 2.45) is 13.0 Å². The number of aryl methyl sites for hydroxylation is 2. The SMILES string of the molecule is CCNC(CCc1ccnn1C)C(OC)C1CC1. The summed E-state index contributed by atoms with van der Waals surface area (Å²) in [5, 5.41) is 7.80. The van der Waals surface area contributed by atoms with Gasteiger partial charge in [0.25, 0.3) is 0 Å². The Morgan fingerprint density at radius 1 is 1.56 bits per heavy atom. The lowest BCUT2D eigenvalue weighted by Crippen LogP contribution is -2.42. The summed E-state index contributed by atoms with van der Waals surface area (Å²) in [6.07, 6.45) is 7.06. The molecule has 1 fully saturated rings. The second kappa shape index (κ2) is 6.34. The van der Waals surface area contributed by atoms with E-state index in [1.54, 1.807) is 0 Å². The molecule has 1 heterocycles. The van der Waals surface area contributed by atoms with Crippen LogP contribution >= 0.6 is 0 Å². The molecule has 1 N–H and O–H groups in total. The second-order valence-electron chi connectivity index (χ2n) is 5.19. The van der Waals surface area contributed by atoms with Crippen molar-refractivity contribution in [1.29, 1.82) is 0 Å². The van der Waals surface area contributed by atoms with Gasteiger partial charge in [0.15, 0.2) is 0 Å². The molecule has 0 bridgehead atoms. The molecule has 1 aromatic heterocycles. The third-order valence-electron chi connectivity index (χ3n) is 3.86. The van der Waals surface area contributed by atoms with E-state index < -0.39 is 0 Å². The van der Waals surface area contributed by atoms with Crippen LogP contribution in [-0.2, 0) is 18.2 Å². The Morgan fingerprint density at radius 2 is 2.33 bits per heavy atom. The van der Waals surface area contributed by atoms with Crippen LogP contribution in [0.4, 0.5) is 0 Å². The molecule has 0 aliphatic heterocycles. The van der Waals surface area contributed by atoms with Gasteiger partial charge in [0, 0.05) is 32.1 Å². The van der Waals surface area contributed by atoms with E-state index in [0.717, 1.165) is 25.3 Å². The van der Waals surface area contributed by atoms with Crippen molar-refractivity contribution >= 4 is 0 Å². The summed E-state index contributed by atoms with van der Waals surface area (Å²) in [6, 6.07) is 2.56. The van der Waals surface area contributed by atoms with Crippen LogP contribution in [0.25, 0.3) is 0 Å². The highest BCUT2D eigenvalue weighted by molar-refractivity contribution is 5.01. The molecule has 0 amide bonds. The first-order valence-electron chi connectivity index (χ1n) is 6.99. The number of hydrogen-bond donors (Lipinski definition) is 1. The van der Waals surface area contributed by atoms with Crippen LogP contribution in [0, 0.1) is 5.92 Å². The molecule has 102 valence electrons. The van der Waals surface area contributed by atoms with E-state index in [-0.39, 0.29) is 0 Å². The lowest BCUT2D eigenvalue weighted by atomic mass is 10.00. The van der Waals surface area contributed by atoms with Crippen molar-refractivity contribution in [2.45, 2.75) is 44.8 Å². The van der Waals surface area contributed by atoms with Crippen molar-refractivity contribution in [2.75, 3.05) is 13.7 Å². The Labute approximate surface area is 110 Å². The molecule has 1 aliphatic carbocycles. The number of hydrogen-bond acceptors (Lipinski definition) is 3. The molecule has 4 heteroatoms. The maximum Gasteiger partial charge on any atom is 0.0752 e. The van der Waals surface area contributed by atoms with Crippen LogP contribution < -0.4 is 5.32 Å². The van der Waals surface area contributed by atoms with Crippen LogP contribution in [0.5, 0.6) is 0 Å². The average molecular weight is 251 g/mol. The highest BCUT2D eigenvalue weighted by atomic mass is 16.5. The molecule has 0 spiro atoms. The fourth-order valence-corrected chi connectivity index (χ4v) is 2.70. The summed E-state index contributed by atoms with van der Waals surface area (Å²) in [4.78, 5) is 0. The molecule has 1 aromatic rings. The van der Waals surface area contributed by atoms with Crippen LogP contribution in [0.2, 0.25) is 0 Å². The van der Waals surface area contributed by atoms with Crippen LogP contribution in [0.3, 0.4) is 0 Å². The van der Waals surface area contributed by atoms with Gasteiger partial charge in [-0.15, -0.1) is 0 Å². The standard InChI is InChI=1S/C14H25N3O/c1-4-15-13(14(18-3)11-5-6-11)8-7-12-9-10-16-17(12)2/h9-11,13-15H,4-8H2,1-3H3. The van der Waals surface area contributed by atoms with E-state index in [0.29, 0.717) is 12.1 Å². The number of ether oxygens (including phenoxy) is 1. The normalized spacial score (nSPS) is 18.8. The first kappa shape index (κ1) is 13.6. The first-order valence-corrected chi connectivity index (χ1v) is 6.99. The highest BCUT2D eigenvalue weighted by Crippen LogP contribution is 2.36. The number of nitrogens with zero attached hydrogens (tertiary/aromatic N) is 2. The van der Waals surface area contributed by atoms with E-state index in [9.17, 15) is 0 Å². The Balaban J connectivity index is 1.91. The number of nitrogens with one attached hydrogen (secondary N) is 1. The van der Waals surface area contributed by atoms with E-state index in [4.69, 9.17) is 4.74 Å². The topological polar surface area (TPSA) is 39.1 Å². The molecule has 1 saturated carbocycles. The number of rotatable bonds is 8. The molecular weight excluding hydrogens is 226 g/mol. The van der Waals surface area contributed by atoms with Gasteiger partial charge < -0.3 is 10.1 Å². The van der Waals surface area contributed by atoms with E-state index >= 15 is 0 Å². The fraction of sp³-hybridized carbons (Fsp3) is 0.786. The summed E-state index contributed by atoms with van der Waals surface area (Å²) < 4.78 is 7.66. The zero-order valence-corrected chi connectivity index (χ0v) is 11.7. The van der Waals surface area contributed by atoms with Gasteiger partial charge in [-0.2, -0.15) is 5.10 Å². The number of aromatic nitrogens is 2. The van der Waals surface area contributed by atoms with Crippen LogP contribution in [0.15, 0.2) is 12.3 Å². The van der Waals surface area contributed by atoms with Gasteiger partial charge in [-0.1, -0.05) is 6.92 Å². The molecule has 0 aromatic carbocycles.